The summed E-state index contributed by atoms with van der Waals surface area (Å²) in [7, 11) is 0. The molecule has 1 aliphatic rings. The zero-order chi connectivity index (χ0) is 12.6. The minimum Gasteiger partial charge on any atom is -0.481 e. The Morgan fingerprint density at radius 1 is 1.33 bits per heavy atom. The maximum absolute atomic E-state index is 11.1. The van der Waals surface area contributed by atoms with E-state index in [1.165, 1.54) is 0 Å². The van der Waals surface area contributed by atoms with Gasteiger partial charge in [0.15, 0.2) is 0 Å². The summed E-state index contributed by atoms with van der Waals surface area (Å²) in [6.07, 6.45) is 2.08. The third-order valence-corrected chi connectivity index (χ3v) is 3.54. The van der Waals surface area contributed by atoms with Crippen molar-refractivity contribution in [1.82, 2.24) is 10.2 Å². The van der Waals surface area contributed by atoms with Crippen LogP contribution in [0.3, 0.4) is 0 Å². The van der Waals surface area contributed by atoms with Crippen molar-refractivity contribution in [3.63, 3.8) is 0 Å². The molecule has 1 saturated carbocycles. The summed E-state index contributed by atoms with van der Waals surface area (Å²) in [5.74, 6) is -0.696. The van der Waals surface area contributed by atoms with Crippen molar-refractivity contribution in [2.45, 2.75) is 19.3 Å². The molecule has 0 saturated heterocycles. The fourth-order valence-electron chi connectivity index (χ4n) is 2.19. The molecule has 1 fully saturated rings. The Hall–Kier alpha value is -2.10. The second-order valence-electron chi connectivity index (χ2n) is 4.91. The number of aromatic nitrogens is 2. The number of hydrogen-bond acceptors (Lipinski definition) is 2. The van der Waals surface area contributed by atoms with Crippen molar-refractivity contribution < 1.29 is 9.90 Å². The number of carboxylic acids is 1. The van der Waals surface area contributed by atoms with Crippen LogP contribution in [0.4, 0.5) is 0 Å². The predicted molar refractivity (Wildman–Crippen MR) is 67.0 cm³/mol. The van der Waals surface area contributed by atoms with Crippen molar-refractivity contribution in [2.75, 3.05) is 0 Å². The average molecular weight is 242 g/mol. The van der Waals surface area contributed by atoms with E-state index in [4.69, 9.17) is 5.11 Å². The average Bonchev–Trinajstić information content (AvgIpc) is 3.01. The van der Waals surface area contributed by atoms with Gasteiger partial charge in [0.2, 0.25) is 0 Å². The third kappa shape index (κ3) is 1.90. The van der Waals surface area contributed by atoms with Crippen molar-refractivity contribution in [1.29, 1.82) is 0 Å². The fourth-order valence-corrected chi connectivity index (χ4v) is 2.19. The minimum absolute atomic E-state index is 0.541. The van der Waals surface area contributed by atoms with E-state index < -0.39 is 11.4 Å². The Morgan fingerprint density at radius 2 is 2.06 bits per heavy atom. The molecule has 0 atom stereocenters. The predicted octanol–water partition coefficient (Wildman–Crippen LogP) is 2.48. The molecule has 0 amide bonds. The summed E-state index contributed by atoms with van der Waals surface area (Å²) in [6.45, 7) is 0. The van der Waals surface area contributed by atoms with E-state index in [0.29, 0.717) is 6.42 Å². The number of carbonyl (C=O) groups is 1. The van der Waals surface area contributed by atoms with Crippen LogP contribution in [0.15, 0.2) is 36.4 Å². The highest BCUT2D eigenvalue weighted by Gasteiger charge is 2.50. The van der Waals surface area contributed by atoms with Crippen LogP contribution in [0.25, 0.3) is 11.3 Å². The summed E-state index contributed by atoms with van der Waals surface area (Å²) < 4.78 is 0. The molecule has 2 N–H and O–H groups in total. The van der Waals surface area contributed by atoms with Gasteiger partial charge in [-0.3, -0.25) is 9.89 Å². The first-order chi connectivity index (χ1) is 8.70. The van der Waals surface area contributed by atoms with E-state index >= 15 is 0 Å². The van der Waals surface area contributed by atoms with Gasteiger partial charge in [0.1, 0.15) is 0 Å². The molecule has 0 unspecified atom stereocenters. The van der Waals surface area contributed by atoms with Gasteiger partial charge in [0.05, 0.1) is 11.1 Å². The molecule has 18 heavy (non-hydrogen) atoms. The Balaban J connectivity index is 1.81. The number of benzene rings is 1. The molecule has 3 rings (SSSR count). The summed E-state index contributed by atoms with van der Waals surface area (Å²) in [4.78, 5) is 11.1. The van der Waals surface area contributed by atoms with Crippen molar-refractivity contribution in [3.8, 4) is 11.3 Å². The van der Waals surface area contributed by atoms with Crippen LogP contribution in [-0.4, -0.2) is 21.3 Å². The number of H-pyrrole nitrogens is 1. The SMILES string of the molecule is O=C(O)C1(Cc2cc(-c3ccccc3)n[nH]2)CC1. The van der Waals surface area contributed by atoms with E-state index in [1.54, 1.807) is 0 Å². The Labute approximate surface area is 105 Å². The first-order valence-corrected chi connectivity index (χ1v) is 6.03. The topological polar surface area (TPSA) is 66.0 Å². The number of carboxylic acid groups (broad SMARTS) is 1. The molecule has 1 aromatic carbocycles. The zero-order valence-electron chi connectivity index (χ0n) is 9.89. The maximum Gasteiger partial charge on any atom is 0.310 e. The van der Waals surface area contributed by atoms with Gasteiger partial charge in [0, 0.05) is 17.7 Å². The Bertz CT molecular complexity index is 570. The highest BCUT2D eigenvalue weighted by molar-refractivity contribution is 5.78. The van der Waals surface area contributed by atoms with Gasteiger partial charge in [-0.05, 0) is 18.9 Å². The van der Waals surface area contributed by atoms with Gasteiger partial charge < -0.3 is 5.11 Å². The molecular weight excluding hydrogens is 228 g/mol. The molecule has 0 radical (unpaired) electrons. The standard InChI is InChI=1S/C14H14N2O2/c17-13(18)14(6-7-14)9-11-8-12(16-15-11)10-4-2-1-3-5-10/h1-5,8H,6-7,9H2,(H,15,16)(H,17,18). The summed E-state index contributed by atoms with van der Waals surface area (Å²) >= 11 is 0. The van der Waals surface area contributed by atoms with E-state index in [9.17, 15) is 4.79 Å². The van der Waals surface area contributed by atoms with Crippen molar-refractivity contribution >= 4 is 5.97 Å². The zero-order valence-corrected chi connectivity index (χ0v) is 9.89. The van der Waals surface area contributed by atoms with Crippen LogP contribution < -0.4 is 0 Å². The maximum atomic E-state index is 11.1. The lowest BCUT2D eigenvalue weighted by atomic mass is 10.0. The quantitative estimate of drug-likeness (QED) is 0.865. The number of hydrogen-bond donors (Lipinski definition) is 2. The number of nitrogens with zero attached hydrogens (tertiary/aromatic N) is 1. The highest BCUT2D eigenvalue weighted by Crippen LogP contribution is 2.48. The molecule has 2 aromatic rings. The van der Waals surface area contributed by atoms with E-state index in [-0.39, 0.29) is 0 Å². The second kappa shape index (κ2) is 3.98. The molecule has 4 nitrogen and oxygen atoms in total. The van der Waals surface area contributed by atoms with E-state index in [0.717, 1.165) is 29.8 Å². The van der Waals surface area contributed by atoms with Gasteiger partial charge in [-0.25, -0.2) is 0 Å². The Kier molecular flexibility index (Phi) is 2.44. The smallest absolute Gasteiger partial charge is 0.310 e. The normalized spacial score (nSPS) is 16.4. The van der Waals surface area contributed by atoms with Gasteiger partial charge in [-0.1, -0.05) is 30.3 Å². The summed E-state index contributed by atoms with van der Waals surface area (Å²) in [5, 5.41) is 16.3. The van der Waals surface area contributed by atoms with Gasteiger partial charge in [-0.15, -0.1) is 0 Å². The van der Waals surface area contributed by atoms with Crippen molar-refractivity contribution in [2.24, 2.45) is 5.41 Å². The number of aliphatic carboxylic acids is 1. The van der Waals surface area contributed by atoms with Crippen molar-refractivity contribution in [3.05, 3.63) is 42.1 Å². The van der Waals surface area contributed by atoms with Crippen LogP contribution in [0.1, 0.15) is 18.5 Å². The number of rotatable bonds is 4. The van der Waals surface area contributed by atoms with E-state index in [1.807, 2.05) is 36.4 Å². The third-order valence-electron chi connectivity index (χ3n) is 3.54. The molecule has 92 valence electrons. The van der Waals surface area contributed by atoms with Crippen LogP contribution >= 0.6 is 0 Å². The lowest BCUT2D eigenvalue weighted by Gasteiger charge is -2.06. The van der Waals surface area contributed by atoms with Gasteiger partial charge >= 0.3 is 5.97 Å². The first-order valence-electron chi connectivity index (χ1n) is 6.03. The van der Waals surface area contributed by atoms with Gasteiger partial charge in [0.25, 0.3) is 0 Å². The summed E-state index contributed by atoms with van der Waals surface area (Å²) in [5.41, 5.74) is 2.27. The molecule has 0 bridgehead atoms. The Morgan fingerprint density at radius 3 is 2.67 bits per heavy atom. The van der Waals surface area contributed by atoms with Crippen LogP contribution in [-0.2, 0) is 11.2 Å². The molecule has 1 aliphatic carbocycles. The molecule has 0 spiro atoms. The number of nitrogens with one attached hydrogen (secondary N) is 1. The largest absolute Gasteiger partial charge is 0.481 e. The van der Waals surface area contributed by atoms with Crippen LogP contribution in [0.2, 0.25) is 0 Å². The van der Waals surface area contributed by atoms with E-state index in [2.05, 4.69) is 10.2 Å². The first kappa shape index (κ1) is 11.0. The minimum atomic E-state index is -0.696. The fraction of sp³-hybridized carbons (Fsp3) is 0.286. The molecule has 1 aromatic heterocycles. The monoisotopic (exact) mass is 242 g/mol. The van der Waals surface area contributed by atoms with Crippen LogP contribution in [0.5, 0.6) is 0 Å². The van der Waals surface area contributed by atoms with Crippen LogP contribution in [0, 0.1) is 5.41 Å². The van der Waals surface area contributed by atoms with Gasteiger partial charge in [-0.2, -0.15) is 5.10 Å². The lowest BCUT2D eigenvalue weighted by Crippen LogP contribution is -2.17. The lowest BCUT2D eigenvalue weighted by molar-refractivity contribution is -0.143. The second-order valence-corrected chi connectivity index (χ2v) is 4.91. The molecule has 0 aliphatic heterocycles. The molecule has 1 heterocycles. The molecule has 4 heteroatoms. The summed E-state index contributed by atoms with van der Waals surface area (Å²) in [6, 6.07) is 11.8. The molecular formula is C14H14N2O2. The highest BCUT2D eigenvalue weighted by atomic mass is 16.4. The number of aromatic amines is 1.